The quantitative estimate of drug-likeness (QED) is 0.0277. The highest BCUT2D eigenvalue weighted by Crippen LogP contribution is 2.15. The van der Waals surface area contributed by atoms with Crippen LogP contribution in [0.3, 0.4) is 0 Å². The maximum atomic E-state index is 12.3. The summed E-state index contributed by atoms with van der Waals surface area (Å²) in [4.78, 5) is 102. The third-order valence-corrected chi connectivity index (χ3v) is 8.26. The standard InChI is InChI=1S/C38H56N4O17/c43-31(14-13-30(38(51)52)41-32(44)8-6-4-2-1-3-5-7-19-57-29-11-9-28(10-12-29)37(49)50)39-17-20-53-22-24-55-26-33(45)40-18-21-54-23-25-56-27-36(48)58-59-42-34(46)15-16-35(42)47/h9-12,30H,1-8,13-27H2,(H,39,43)(H,40,45)(H,41,44)(H,49,50)(H,51,52). The van der Waals surface area contributed by atoms with Crippen molar-refractivity contribution in [2.45, 2.75) is 83.1 Å². The molecule has 1 fully saturated rings. The van der Waals surface area contributed by atoms with Crippen molar-refractivity contribution in [2.24, 2.45) is 0 Å². The van der Waals surface area contributed by atoms with Crippen LogP contribution in [0.25, 0.3) is 0 Å². The molecule has 0 aliphatic carbocycles. The van der Waals surface area contributed by atoms with Crippen LogP contribution in [-0.2, 0) is 62.4 Å². The molecule has 1 aliphatic rings. The van der Waals surface area contributed by atoms with E-state index in [0.717, 1.165) is 38.5 Å². The number of hydrogen-bond donors (Lipinski definition) is 5. The first-order valence-electron chi connectivity index (χ1n) is 19.5. The van der Waals surface area contributed by atoms with Crippen LogP contribution in [-0.4, -0.2) is 141 Å². The van der Waals surface area contributed by atoms with Crippen molar-refractivity contribution in [1.82, 2.24) is 21.0 Å². The van der Waals surface area contributed by atoms with Crippen LogP contribution in [0, 0.1) is 0 Å². The molecule has 21 heteroatoms. The van der Waals surface area contributed by atoms with Crippen molar-refractivity contribution in [3.63, 3.8) is 0 Å². The summed E-state index contributed by atoms with van der Waals surface area (Å²) in [7, 11) is 0. The van der Waals surface area contributed by atoms with Crippen molar-refractivity contribution in [1.29, 1.82) is 0 Å². The van der Waals surface area contributed by atoms with Gasteiger partial charge in [-0.15, -0.1) is 5.06 Å². The second-order valence-electron chi connectivity index (χ2n) is 13.0. The lowest BCUT2D eigenvalue weighted by atomic mass is 10.1. The Morgan fingerprint density at radius 1 is 0.627 bits per heavy atom. The Labute approximate surface area is 341 Å². The van der Waals surface area contributed by atoms with Crippen LogP contribution < -0.4 is 20.7 Å². The minimum Gasteiger partial charge on any atom is -0.494 e. The monoisotopic (exact) mass is 840 g/mol. The Hall–Kier alpha value is -5.22. The molecule has 0 bridgehead atoms. The summed E-state index contributed by atoms with van der Waals surface area (Å²) >= 11 is 0. The number of benzene rings is 1. The minimum absolute atomic E-state index is 0.0176. The van der Waals surface area contributed by atoms with E-state index >= 15 is 0 Å². The highest BCUT2D eigenvalue weighted by atomic mass is 17.3. The fourth-order valence-electron chi connectivity index (χ4n) is 5.12. The number of carbonyl (C=O) groups excluding carboxylic acids is 6. The summed E-state index contributed by atoms with van der Waals surface area (Å²) in [6, 6.07) is 5.09. The SMILES string of the molecule is O=C(CCC(NC(=O)CCCCCCCCCOc1ccc(C(=O)O)cc1)C(=O)O)NCCOCCOCC(=O)NCCOCCOCC(=O)OON1C(=O)CCC1=O. The molecule has 1 aliphatic heterocycles. The Morgan fingerprint density at radius 2 is 1.19 bits per heavy atom. The fourth-order valence-corrected chi connectivity index (χ4v) is 5.12. The molecule has 0 radical (unpaired) electrons. The molecule has 5 amide bonds. The number of carboxylic acid groups (broad SMARTS) is 2. The molecule has 1 aromatic rings. The van der Waals surface area contributed by atoms with E-state index in [1.807, 2.05) is 0 Å². The van der Waals surface area contributed by atoms with Gasteiger partial charge in [0.2, 0.25) is 17.7 Å². The molecule has 1 heterocycles. The van der Waals surface area contributed by atoms with Crippen molar-refractivity contribution in [3.05, 3.63) is 29.8 Å². The van der Waals surface area contributed by atoms with Crippen molar-refractivity contribution < 1.29 is 82.1 Å². The lowest BCUT2D eigenvalue weighted by Crippen LogP contribution is -2.41. The molecule has 0 spiro atoms. The molecule has 0 saturated carbocycles. The summed E-state index contributed by atoms with van der Waals surface area (Å²) in [5, 5.41) is 26.5. The molecular weight excluding hydrogens is 784 g/mol. The zero-order chi connectivity index (χ0) is 43.1. The van der Waals surface area contributed by atoms with Crippen molar-refractivity contribution in [2.75, 3.05) is 72.6 Å². The van der Waals surface area contributed by atoms with E-state index in [1.54, 1.807) is 12.1 Å². The first-order valence-corrected chi connectivity index (χ1v) is 19.5. The number of aromatic carboxylic acids is 1. The maximum Gasteiger partial charge on any atom is 0.370 e. The van der Waals surface area contributed by atoms with E-state index in [2.05, 4.69) is 25.8 Å². The number of nitrogens with one attached hydrogen (secondary N) is 3. The molecule has 59 heavy (non-hydrogen) atoms. The van der Waals surface area contributed by atoms with Gasteiger partial charge in [-0.25, -0.2) is 14.4 Å². The molecule has 330 valence electrons. The number of rotatable bonds is 35. The van der Waals surface area contributed by atoms with Crippen LogP contribution in [0.15, 0.2) is 24.3 Å². The molecule has 5 N–H and O–H groups in total. The molecule has 1 atom stereocenters. The third kappa shape index (κ3) is 24.3. The van der Waals surface area contributed by atoms with Crippen LogP contribution in [0.1, 0.15) is 87.4 Å². The largest absolute Gasteiger partial charge is 0.494 e. The minimum atomic E-state index is -1.22. The zero-order valence-corrected chi connectivity index (χ0v) is 33.1. The summed E-state index contributed by atoms with van der Waals surface area (Å²) < 4.78 is 26.5. The summed E-state index contributed by atoms with van der Waals surface area (Å²) in [6.07, 6.45) is 6.26. The van der Waals surface area contributed by atoms with Gasteiger partial charge in [-0.3, -0.25) is 28.9 Å². The molecular formula is C38H56N4O17. The normalized spacial score (nSPS) is 12.8. The number of unbranched alkanes of at least 4 members (excludes halogenated alkanes) is 6. The van der Waals surface area contributed by atoms with Crippen LogP contribution in [0.2, 0.25) is 0 Å². The number of hydrogen-bond acceptors (Lipinski definition) is 15. The second-order valence-corrected chi connectivity index (χ2v) is 13.0. The highest BCUT2D eigenvalue weighted by Gasteiger charge is 2.32. The van der Waals surface area contributed by atoms with Crippen LogP contribution in [0.5, 0.6) is 5.75 Å². The summed E-state index contributed by atoms with van der Waals surface area (Å²) in [5.74, 6) is -4.87. The van der Waals surface area contributed by atoms with Gasteiger partial charge >= 0.3 is 17.9 Å². The van der Waals surface area contributed by atoms with E-state index in [9.17, 15) is 43.5 Å². The Balaban J connectivity index is 1.34. The van der Waals surface area contributed by atoms with Gasteiger partial charge in [-0.05, 0) is 48.5 Å². The number of imide groups is 1. The van der Waals surface area contributed by atoms with Gasteiger partial charge in [0.25, 0.3) is 11.8 Å². The van der Waals surface area contributed by atoms with Gasteiger partial charge in [0.05, 0.1) is 51.8 Å². The van der Waals surface area contributed by atoms with Gasteiger partial charge in [-0.2, -0.15) is 0 Å². The Morgan fingerprint density at radius 3 is 1.80 bits per heavy atom. The van der Waals surface area contributed by atoms with Gasteiger partial charge in [0.1, 0.15) is 25.0 Å². The lowest BCUT2D eigenvalue weighted by molar-refractivity contribution is -0.366. The van der Waals surface area contributed by atoms with Crippen LogP contribution in [0.4, 0.5) is 0 Å². The Kier molecular flexibility index (Phi) is 26.1. The molecule has 1 aromatic carbocycles. The van der Waals surface area contributed by atoms with Gasteiger partial charge in [0.15, 0.2) is 0 Å². The predicted molar refractivity (Wildman–Crippen MR) is 202 cm³/mol. The smallest absolute Gasteiger partial charge is 0.370 e. The van der Waals surface area contributed by atoms with Gasteiger partial charge in [0, 0.05) is 38.8 Å². The van der Waals surface area contributed by atoms with E-state index in [1.165, 1.54) is 12.1 Å². The predicted octanol–water partition coefficient (Wildman–Crippen LogP) is 1.07. The zero-order valence-electron chi connectivity index (χ0n) is 33.1. The highest BCUT2D eigenvalue weighted by molar-refractivity contribution is 6.00. The second kappa shape index (κ2) is 30.8. The Bertz CT molecular complexity index is 1460. The number of nitrogens with zero attached hydrogens (tertiary/aromatic N) is 1. The topological polar surface area (TPSA) is 281 Å². The molecule has 21 nitrogen and oxygen atoms in total. The first-order chi connectivity index (χ1) is 28.5. The van der Waals surface area contributed by atoms with E-state index in [0.29, 0.717) is 23.8 Å². The fraction of sp³-hybridized carbons (Fsp3) is 0.632. The number of aliphatic carboxylic acids is 1. The number of ether oxygens (including phenoxy) is 5. The first kappa shape index (κ1) is 49.9. The van der Waals surface area contributed by atoms with E-state index < -0.39 is 42.4 Å². The van der Waals surface area contributed by atoms with E-state index in [4.69, 9.17) is 28.8 Å². The number of carboxylic acids is 2. The van der Waals surface area contributed by atoms with Gasteiger partial charge in [-0.1, -0.05) is 32.1 Å². The van der Waals surface area contributed by atoms with Gasteiger partial charge < -0.3 is 49.8 Å². The molecule has 1 saturated heterocycles. The average Bonchev–Trinajstić information content (AvgIpc) is 3.53. The average molecular weight is 841 g/mol. The van der Waals surface area contributed by atoms with E-state index in [-0.39, 0.29) is 115 Å². The van der Waals surface area contributed by atoms with Crippen molar-refractivity contribution in [3.8, 4) is 5.75 Å². The lowest BCUT2D eigenvalue weighted by Gasteiger charge is -2.14. The number of carbonyl (C=O) groups is 8. The van der Waals surface area contributed by atoms with Crippen molar-refractivity contribution >= 4 is 47.4 Å². The van der Waals surface area contributed by atoms with Crippen LogP contribution >= 0.6 is 0 Å². The maximum absolute atomic E-state index is 12.3. The molecule has 0 aromatic heterocycles. The molecule has 2 rings (SSSR count). The third-order valence-electron chi connectivity index (χ3n) is 8.26. The molecule has 1 unspecified atom stereocenters. The summed E-state index contributed by atoms with van der Waals surface area (Å²) in [6.45, 7) is 0.984. The summed E-state index contributed by atoms with van der Waals surface area (Å²) in [5.41, 5.74) is 0.209. The number of amides is 5. The number of hydroxylamine groups is 2.